The van der Waals surface area contributed by atoms with Crippen LogP contribution in [0.3, 0.4) is 0 Å². The number of allylic oxidation sites excluding steroid dienone is 1. The largest absolute Gasteiger partial charge is 0.465 e. The quantitative estimate of drug-likeness (QED) is 0.483. The fraction of sp³-hybridized carbons (Fsp3) is 0.217. The number of aromatic nitrogens is 1. The molecular weight excluding hydrogens is 338 g/mol. The second kappa shape index (κ2) is 7.23. The summed E-state index contributed by atoms with van der Waals surface area (Å²) in [5.41, 5.74) is 3.33. The highest BCUT2D eigenvalue weighted by Gasteiger charge is 2.17. The molecule has 2 aromatic carbocycles. The molecule has 1 aromatic heterocycles. The molecule has 0 saturated heterocycles. The molecule has 1 heterocycles. The van der Waals surface area contributed by atoms with Crippen molar-refractivity contribution in [1.82, 2.24) is 4.57 Å². The van der Waals surface area contributed by atoms with Crippen LogP contribution in [-0.2, 0) is 10.2 Å². The first-order valence-electron chi connectivity index (χ1n) is 8.82. The first-order valence-corrected chi connectivity index (χ1v) is 8.82. The number of benzene rings is 2. The van der Waals surface area contributed by atoms with Crippen LogP contribution in [0.5, 0.6) is 0 Å². The van der Waals surface area contributed by atoms with Gasteiger partial charge in [-0.3, -0.25) is 9.36 Å². The number of fused-ring (bicyclic) bond motifs is 1. The Morgan fingerprint density at radius 2 is 1.67 bits per heavy atom. The van der Waals surface area contributed by atoms with Crippen LogP contribution >= 0.6 is 0 Å². The van der Waals surface area contributed by atoms with E-state index < -0.39 is 5.97 Å². The molecule has 0 bridgehead atoms. The van der Waals surface area contributed by atoms with E-state index in [1.54, 1.807) is 12.1 Å². The van der Waals surface area contributed by atoms with Crippen LogP contribution in [0, 0.1) is 0 Å². The van der Waals surface area contributed by atoms with E-state index in [0.717, 1.165) is 5.56 Å². The molecular formula is C23H23NO3. The van der Waals surface area contributed by atoms with Crippen LogP contribution in [0.2, 0.25) is 0 Å². The van der Waals surface area contributed by atoms with E-state index in [1.807, 2.05) is 30.3 Å². The predicted molar refractivity (Wildman–Crippen MR) is 108 cm³/mol. The van der Waals surface area contributed by atoms with Gasteiger partial charge in [0.25, 0.3) is 5.91 Å². The van der Waals surface area contributed by atoms with Gasteiger partial charge in [-0.15, -0.1) is 0 Å². The fourth-order valence-corrected chi connectivity index (χ4v) is 2.98. The second-order valence-corrected chi connectivity index (χ2v) is 7.47. The number of carbonyl (C=O) groups is 2. The lowest BCUT2D eigenvalue weighted by Gasteiger charge is -2.18. The minimum absolute atomic E-state index is 0.0897. The molecule has 0 aliphatic heterocycles. The number of rotatable bonds is 3. The zero-order valence-corrected chi connectivity index (χ0v) is 16.0. The van der Waals surface area contributed by atoms with Gasteiger partial charge < -0.3 is 4.74 Å². The topological polar surface area (TPSA) is 48.3 Å². The Morgan fingerprint density at radius 1 is 1.00 bits per heavy atom. The van der Waals surface area contributed by atoms with Crippen LogP contribution in [0.25, 0.3) is 17.0 Å². The lowest BCUT2D eigenvalue weighted by Crippen LogP contribution is -2.10. The van der Waals surface area contributed by atoms with Gasteiger partial charge in [0.2, 0.25) is 0 Å². The molecule has 27 heavy (non-hydrogen) atoms. The lowest BCUT2D eigenvalue weighted by atomic mass is 9.87. The van der Waals surface area contributed by atoms with Crippen molar-refractivity contribution < 1.29 is 14.3 Å². The highest BCUT2D eigenvalue weighted by Crippen LogP contribution is 2.24. The molecule has 0 amide bonds. The van der Waals surface area contributed by atoms with E-state index in [4.69, 9.17) is 4.74 Å². The van der Waals surface area contributed by atoms with Crippen LogP contribution < -0.4 is 0 Å². The third-order valence-corrected chi connectivity index (χ3v) is 4.55. The van der Waals surface area contributed by atoms with Crippen molar-refractivity contribution in [2.75, 3.05) is 7.11 Å². The average molecular weight is 361 g/mol. The number of methoxy groups -OCH3 is 1. The van der Waals surface area contributed by atoms with Crippen molar-refractivity contribution in [1.29, 1.82) is 0 Å². The summed E-state index contributed by atoms with van der Waals surface area (Å²) in [5.74, 6) is -0.680. The molecule has 3 rings (SSSR count). The first-order chi connectivity index (χ1) is 12.8. The first kappa shape index (κ1) is 18.6. The molecule has 138 valence electrons. The van der Waals surface area contributed by atoms with Gasteiger partial charge in [0.1, 0.15) is 0 Å². The Labute approximate surface area is 159 Å². The van der Waals surface area contributed by atoms with Crippen LogP contribution in [0.4, 0.5) is 0 Å². The predicted octanol–water partition coefficient (Wildman–Crippen LogP) is 5.08. The van der Waals surface area contributed by atoms with E-state index in [0.29, 0.717) is 16.5 Å². The van der Waals surface area contributed by atoms with Crippen LogP contribution in [-0.4, -0.2) is 23.6 Å². The zero-order chi connectivity index (χ0) is 19.6. The maximum absolute atomic E-state index is 12.7. The van der Waals surface area contributed by atoms with Gasteiger partial charge in [0, 0.05) is 17.7 Å². The summed E-state index contributed by atoms with van der Waals surface area (Å²) >= 11 is 0. The molecule has 0 saturated carbocycles. The Hall–Kier alpha value is -3.14. The van der Waals surface area contributed by atoms with Gasteiger partial charge in [-0.1, -0.05) is 63.2 Å². The standard InChI is InChI=1S/C23H23NO3/c1-23(2,3)17-12-9-16(10-13-17)11-14-21(25)24-15-19(22(26)27-4)18-7-5-6-8-20(18)24/h5-15H,1-4H3/b14-11+. The SMILES string of the molecule is COC(=O)c1cn(C(=O)/C=C/c2ccc(C(C)(C)C)cc2)c2ccccc12. The smallest absolute Gasteiger partial charge is 0.340 e. The summed E-state index contributed by atoms with van der Waals surface area (Å²) in [4.78, 5) is 24.7. The van der Waals surface area contributed by atoms with Crippen molar-refractivity contribution >= 4 is 28.9 Å². The third kappa shape index (κ3) is 3.85. The Balaban J connectivity index is 1.90. The summed E-state index contributed by atoms with van der Waals surface area (Å²) in [6.45, 7) is 6.49. The van der Waals surface area contributed by atoms with Crippen molar-refractivity contribution in [3.63, 3.8) is 0 Å². The van der Waals surface area contributed by atoms with Crippen molar-refractivity contribution in [3.8, 4) is 0 Å². The van der Waals surface area contributed by atoms with Crippen LogP contribution in [0.15, 0.2) is 60.8 Å². The van der Waals surface area contributed by atoms with Gasteiger partial charge in [-0.05, 0) is 28.7 Å². The summed E-state index contributed by atoms with van der Waals surface area (Å²) < 4.78 is 6.30. The summed E-state index contributed by atoms with van der Waals surface area (Å²) in [6.07, 6.45) is 4.83. The normalized spacial score (nSPS) is 11.9. The molecule has 0 N–H and O–H groups in total. The Morgan fingerprint density at radius 3 is 2.30 bits per heavy atom. The third-order valence-electron chi connectivity index (χ3n) is 4.55. The molecule has 0 fully saturated rings. The number of esters is 1. The Bertz CT molecular complexity index is 1020. The zero-order valence-electron chi connectivity index (χ0n) is 16.0. The van der Waals surface area contributed by atoms with E-state index >= 15 is 0 Å². The molecule has 0 radical (unpaired) electrons. The molecule has 0 spiro atoms. The highest BCUT2D eigenvalue weighted by molar-refractivity contribution is 6.09. The van der Waals surface area contributed by atoms with Crippen molar-refractivity contribution in [2.45, 2.75) is 26.2 Å². The molecule has 0 aliphatic carbocycles. The van der Waals surface area contributed by atoms with Crippen molar-refractivity contribution in [2.24, 2.45) is 0 Å². The summed E-state index contributed by atoms with van der Waals surface area (Å²) in [5, 5.41) is 0.695. The van der Waals surface area contributed by atoms with E-state index in [-0.39, 0.29) is 11.3 Å². The summed E-state index contributed by atoms with van der Waals surface area (Å²) in [6, 6.07) is 15.4. The monoisotopic (exact) mass is 361 g/mol. The van der Waals surface area contributed by atoms with Gasteiger partial charge in [0.15, 0.2) is 0 Å². The Kier molecular flexibility index (Phi) is 5.00. The van der Waals surface area contributed by atoms with E-state index in [2.05, 4.69) is 32.9 Å². The number of nitrogens with zero attached hydrogens (tertiary/aromatic N) is 1. The maximum Gasteiger partial charge on any atom is 0.340 e. The lowest BCUT2D eigenvalue weighted by molar-refractivity contribution is 0.0603. The molecule has 0 atom stereocenters. The molecule has 4 heteroatoms. The molecule has 3 aromatic rings. The molecule has 4 nitrogen and oxygen atoms in total. The average Bonchev–Trinajstić information content (AvgIpc) is 3.05. The number of ether oxygens (including phenoxy) is 1. The van der Waals surface area contributed by atoms with Gasteiger partial charge in [0.05, 0.1) is 18.2 Å². The van der Waals surface area contributed by atoms with Crippen LogP contribution in [0.1, 0.15) is 47.1 Å². The molecule has 0 aliphatic rings. The fourth-order valence-electron chi connectivity index (χ4n) is 2.98. The van der Waals surface area contributed by atoms with Crippen molar-refractivity contribution in [3.05, 3.63) is 77.5 Å². The highest BCUT2D eigenvalue weighted by atomic mass is 16.5. The number of para-hydroxylation sites is 1. The number of hydrogen-bond acceptors (Lipinski definition) is 3. The number of hydrogen-bond donors (Lipinski definition) is 0. The van der Waals surface area contributed by atoms with Gasteiger partial charge in [-0.25, -0.2) is 4.79 Å². The minimum atomic E-state index is -0.459. The van der Waals surface area contributed by atoms with E-state index in [1.165, 1.54) is 29.5 Å². The van der Waals surface area contributed by atoms with Gasteiger partial charge >= 0.3 is 5.97 Å². The van der Waals surface area contributed by atoms with Gasteiger partial charge in [-0.2, -0.15) is 0 Å². The molecule has 0 unspecified atom stereocenters. The number of carbonyl (C=O) groups excluding carboxylic acids is 2. The maximum atomic E-state index is 12.7. The van der Waals surface area contributed by atoms with E-state index in [9.17, 15) is 9.59 Å². The summed E-state index contributed by atoms with van der Waals surface area (Å²) in [7, 11) is 1.33. The minimum Gasteiger partial charge on any atom is -0.465 e. The second-order valence-electron chi connectivity index (χ2n) is 7.47.